The van der Waals surface area contributed by atoms with Crippen LogP contribution in [0.1, 0.15) is 18.4 Å². The highest BCUT2D eigenvalue weighted by Crippen LogP contribution is 2.43. The van der Waals surface area contributed by atoms with E-state index >= 15 is 0 Å². The zero-order chi connectivity index (χ0) is 12.5. The molecule has 4 heteroatoms. The summed E-state index contributed by atoms with van der Waals surface area (Å²) >= 11 is 0. The maximum Gasteiger partial charge on any atom is 0.128 e. The highest BCUT2D eigenvalue weighted by Gasteiger charge is 2.47. The van der Waals surface area contributed by atoms with E-state index in [-0.39, 0.29) is 24.4 Å². The van der Waals surface area contributed by atoms with Gasteiger partial charge in [0.15, 0.2) is 0 Å². The first kappa shape index (κ1) is 12.5. The fraction of sp³-hybridized carbons (Fsp3) is 0.538. The summed E-state index contributed by atoms with van der Waals surface area (Å²) in [5.41, 5.74) is 5.96. The lowest BCUT2D eigenvalue weighted by atomic mass is 9.81. The maximum absolute atomic E-state index is 13.8. The van der Waals surface area contributed by atoms with E-state index in [4.69, 9.17) is 10.5 Å². The minimum absolute atomic E-state index is 0.0939. The van der Waals surface area contributed by atoms with Crippen LogP contribution >= 0.6 is 0 Å². The Labute approximate surface area is 100 Å². The van der Waals surface area contributed by atoms with Crippen LogP contribution in [0.25, 0.3) is 0 Å². The Kier molecular flexibility index (Phi) is 3.47. The van der Waals surface area contributed by atoms with E-state index in [0.717, 1.165) is 6.42 Å². The van der Waals surface area contributed by atoms with Gasteiger partial charge in [-0.05, 0) is 18.9 Å². The van der Waals surface area contributed by atoms with Gasteiger partial charge in [0.2, 0.25) is 0 Å². The molecule has 1 unspecified atom stereocenters. The third kappa shape index (κ3) is 1.97. The third-order valence-corrected chi connectivity index (χ3v) is 3.83. The zero-order valence-corrected chi connectivity index (χ0v) is 9.90. The van der Waals surface area contributed by atoms with Crippen molar-refractivity contribution in [2.75, 3.05) is 13.7 Å². The van der Waals surface area contributed by atoms with Gasteiger partial charge in [-0.15, -0.1) is 0 Å². The van der Waals surface area contributed by atoms with Crippen LogP contribution in [0.15, 0.2) is 24.3 Å². The number of benzene rings is 1. The van der Waals surface area contributed by atoms with Gasteiger partial charge < -0.3 is 15.6 Å². The zero-order valence-electron chi connectivity index (χ0n) is 9.90. The van der Waals surface area contributed by atoms with Crippen LogP contribution in [-0.4, -0.2) is 24.9 Å². The SMILES string of the molecule is COC1CC[C@@](N)(c2ccccc2F)[C@@H]1CO. The van der Waals surface area contributed by atoms with E-state index < -0.39 is 5.54 Å². The summed E-state index contributed by atoms with van der Waals surface area (Å²) in [5.74, 6) is -0.574. The van der Waals surface area contributed by atoms with Gasteiger partial charge in [0.05, 0.1) is 18.2 Å². The minimum atomic E-state index is -0.833. The summed E-state index contributed by atoms with van der Waals surface area (Å²) in [5, 5.41) is 9.47. The number of halogens is 1. The molecular formula is C13H18FNO2. The first-order valence-electron chi connectivity index (χ1n) is 5.81. The van der Waals surface area contributed by atoms with Gasteiger partial charge in [-0.1, -0.05) is 18.2 Å². The summed E-state index contributed by atoms with van der Waals surface area (Å²) < 4.78 is 19.1. The quantitative estimate of drug-likeness (QED) is 0.838. The fourth-order valence-electron chi connectivity index (χ4n) is 2.84. The summed E-state index contributed by atoms with van der Waals surface area (Å²) in [4.78, 5) is 0. The molecule has 0 aliphatic heterocycles. The predicted molar refractivity (Wildman–Crippen MR) is 62.9 cm³/mol. The molecule has 94 valence electrons. The molecule has 1 aliphatic rings. The molecule has 3 atom stereocenters. The first-order chi connectivity index (χ1) is 8.13. The molecule has 2 rings (SSSR count). The number of ether oxygens (including phenoxy) is 1. The molecule has 1 aromatic carbocycles. The van der Waals surface area contributed by atoms with Crippen LogP contribution < -0.4 is 5.73 Å². The number of methoxy groups -OCH3 is 1. The second-order valence-electron chi connectivity index (χ2n) is 4.62. The van der Waals surface area contributed by atoms with Gasteiger partial charge in [-0.3, -0.25) is 0 Å². The van der Waals surface area contributed by atoms with Gasteiger partial charge in [0.25, 0.3) is 0 Å². The second-order valence-corrected chi connectivity index (χ2v) is 4.62. The van der Waals surface area contributed by atoms with Crippen molar-refractivity contribution in [3.63, 3.8) is 0 Å². The second kappa shape index (κ2) is 4.72. The highest BCUT2D eigenvalue weighted by molar-refractivity contribution is 5.29. The largest absolute Gasteiger partial charge is 0.396 e. The van der Waals surface area contributed by atoms with E-state index in [0.29, 0.717) is 12.0 Å². The van der Waals surface area contributed by atoms with E-state index in [1.165, 1.54) is 6.07 Å². The van der Waals surface area contributed by atoms with E-state index in [1.54, 1.807) is 25.3 Å². The van der Waals surface area contributed by atoms with Crippen molar-refractivity contribution in [3.8, 4) is 0 Å². The molecule has 1 aliphatic carbocycles. The van der Waals surface area contributed by atoms with Crippen molar-refractivity contribution >= 4 is 0 Å². The molecule has 0 heterocycles. The topological polar surface area (TPSA) is 55.5 Å². The molecule has 1 fully saturated rings. The van der Waals surface area contributed by atoms with E-state index in [2.05, 4.69) is 0 Å². The maximum atomic E-state index is 13.8. The molecule has 0 saturated heterocycles. The molecule has 0 bridgehead atoms. The lowest BCUT2D eigenvalue weighted by Crippen LogP contribution is -2.45. The van der Waals surface area contributed by atoms with Crippen LogP contribution in [0.4, 0.5) is 4.39 Å². The number of aliphatic hydroxyl groups is 1. The van der Waals surface area contributed by atoms with Crippen LogP contribution in [0, 0.1) is 11.7 Å². The molecule has 0 spiro atoms. The number of hydrogen-bond donors (Lipinski definition) is 2. The molecular weight excluding hydrogens is 221 g/mol. The molecule has 3 N–H and O–H groups in total. The van der Waals surface area contributed by atoms with Crippen molar-refractivity contribution in [1.29, 1.82) is 0 Å². The van der Waals surface area contributed by atoms with Crippen LogP contribution in [-0.2, 0) is 10.3 Å². The van der Waals surface area contributed by atoms with E-state index in [9.17, 15) is 9.50 Å². The van der Waals surface area contributed by atoms with E-state index in [1.807, 2.05) is 0 Å². The van der Waals surface area contributed by atoms with Gasteiger partial charge in [-0.2, -0.15) is 0 Å². The first-order valence-corrected chi connectivity index (χ1v) is 5.81. The molecule has 1 aromatic rings. The number of hydrogen-bond acceptors (Lipinski definition) is 3. The Hall–Kier alpha value is -0.970. The van der Waals surface area contributed by atoms with Crippen LogP contribution in [0.5, 0.6) is 0 Å². The Morgan fingerprint density at radius 3 is 2.82 bits per heavy atom. The average molecular weight is 239 g/mol. The lowest BCUT2D eigenvalue weighted by molar-refractivity contribution is 0.0253. The normalized spacial score (nSPS) is 32.9. The van der Waals surface area contributed by atoms with Crippen LogP contribution in [0.2, 0.25) is 0 Å². The molecule has 0 radical (unpaired) electrons. The summed E-state index contributed by atoms with van der Waals surface area (Å²) in [6.45, 7) is -0.0939. The predicted octanol–water partition coefficient (Wildman–Crippen LogP) is 1.40. The monoisotopic (exact) mass is 239 g/mol. The Morgan fingerprint density at radius 2 is 2.24 bits per heavy atom. The Bertz CT molecular complexity index is 399. The summed E-state index contributed by atoms with van der Waals surface area (Å²) in [7, 11) is 1.60. The van der Waals surface area contributed by atoms with Gasteiger partial charge >= 0.3 is 0 Å². The van der Waals surface area contributed by atoms with Crippen molar-refractivity contribution < 1.29 is 14.2 Å². The molecule has 0 aromatic heterocycles. The summed E-state index contributed by atoms with van der Waals surface area (Å²) in [6, 6.07) is 6.50. The smallest absolute Gasteiger partial charge is 0.128 e. The number of nitrogens with two attached hydrogens (primary N) is 1. The van der Waals surface area contributed by atoms with Crippen molar-refractivity contribution in [2.45, 2.75) is 24.5 Å². The van der Waals surface area contributed by atoms with Crippen molar-refractivity contribution in [3.05, 3.63) is 35.6 Å². The fourth-order valence-corrected chi connectivity index (χ4v) is 2.84. The van der Waals surface area contributed by atoms with Crippen molar-refractivity contribution in [2.24, 2.45) is 11.7 Å². The minimum Gasteiger partial charge on any atom is -0.396 e. The molecule has 3 nitrogen and oxygen atoms in total. The highest BCUT2D eigenvalue weighted by atomic mass is 19.1. The molecule has 1 saturated carbocycles. The third-order valence-electron chi connectivity index (χ3n) is 3.83. The number of aliphatic hydroxyl groups excluding tert-OH is 1. The average Bonchev–Trinajstić information content (AvgIpc) is 2.67. The van der Waals surface area contributed by atoms with Gasteiger partial charge in [-0.25, -0.2) is 4.39 Å². The Balaban J connectivity index is 2.39. The molecule has 0 amide bonds. The van der Waals surface area contributed by atoms with Gasteiger partial charge in [0, 0.05) is 18.6 Å². The van der Waals surface area contributed by atoms with Crippen molar-refractivity contribution in [1.82, 2.24) is 0 Å². The summed E-state index contributed by atoms with van der Waals surface area (Å²) in [6.07, 6.45) is 1.26. The lowest BCUT2D eigenvalue weighted by Gasteiger charge is -2.33. The number of rotatable bonds is 3. The standard InChI is InChI=1S/C13H18FNO2/c1-17-12-6-7-13(15,10(12)8-16)9-4-2-3-5-11(9)14/h2-5,10,12,16H,6-8,15H2,1H3/t10-,12?,13-/m1/s1. The Morgan fingerprint density at radius 1 is 1.53 bits per heavy atom. The molecule has 17 heavy (non-hydrogen) atoms. The van der Waals surface area contributed by atoms with Gasteiger partial charge in [0.1, 0.15) is 5.82 Å². The van der Waals surface area contributed by atoms with Crippen LogP contribution in [0.3, 0.4) is 0 Å².